The molecule has 3 heteroatoms. The van der Waals surface area contributed by atoms with Gasteiger partial charge < -0.3 is 5.11 Å². The highest BCUT2D eigenvalue weighted by Gasteiger charge is 2.41. The number of aliphatic hydroxyl groups is 1. The number of rotatable bonds is 2. The first kappa shape index (κ1) is 9.79. The molecule has 0 amide bonds. The lowest BCUT2D eigenvalue weighted by Crippen LogP contribution is -2.07. The van der Waals surface area contributed by atoms with Gasteiger partial charge in [-0.3, -0.25) is 0 Å². The van der Waals surface area contributed by atoms with Crippen LogP contribution in [0.4, 0.5) is 0 Å². The standard InChI is InChI=1S/C12H17NOS/c1-7(14)11-6-13-12(15-11)10-5-8-2-3-9(10)4-8/h6-10,14H,2-5H2,1H3. The number of aliphatic hydroxyl groups excluding tert-OH is 1. The summed E-state index contributed by atoms with van der Waals surface area (Å²) in [7, 11) is 0. The molecule has 0 aliphatic heterocycles. The molecule has 2 aliphatic carbocycles. The predicted octanol–water partition coefficient (Wildman–Crippen LogP) is 3.10. The molecule has 1 aromatic rings. The molecule has 1 N–H and O–H groups in total. The van der Waals surface area contributed by atoms with Crippen molar-refractivity contribution in [3.8, 4) is 0 Å². The van der Waals surface area contributed by atoms with E-state index in [4.69, 9.17) is 0 Å². The van der Waals surface area contributed by atoms with Gasteiger partial charge in [0.15, 0.2) is 0 Å². The topological polar surface area (TPSA) is 33.1 Å². The molecule has 0 saturated heterocycles. The average Bonchev–Trinajstić information content (AvgIpc) is 2.93. The summed E-state index contributed by atoms with van der Waals surface area (Å²) in [6.45, 7) is 1.82. The molecule has 4 unspecified atom stereocenters. The van der Waals surface area contributed by atoms with Crippen molar-refractivity contribution in [3.05, 3.63) is 16.1 Å². The third-order valence-corrected chi connectivity index (χ3v) is 5.31. The first-order valence-corrected chi connectivity index (χ1v) is 6.69. The SMILES string of the molecule is CC(O)c1cnc(C2CC3CCC2C3)s1. The lowest BCUT2D eigenvalue weighted by atomic mass is 9.89. The van der Waals surface area contributed by atoms with Gasteiger partial charge in [-0.05, 0) is 38.0 Å². The molecular weight excluding hydrogens is 206 g/mol. The van der Waals surface area contributed by atoms with E-state index in [1.807, 2.05) is 13.1 Å². The van der Waals surface area contributed by atoms with Crippen molar-refractivity contribution in [1.29, 1.82) is 0 Å². The van der Waals surface area contributed by atoms with E-state index in [0.717, 1.165) is 16.7 Å². The van der Waals surface area contributed by atoms with Crippen molar-refractivity contribution in [3.63, 3.8) is 0 Å². The molecule has 0 aromatic carbocycles. The number of nitrogens with zero attached hydrogens (tertiary/aromatic N) is 1. The van der Waals surface area contributed by atoms with Gasteiger partial charge in [-0.2, -0.15) is 0 Å². The zero-order valence-corrected chi connectivity index (χ0v) is 9.83. The fourth-order valence-corrected chi connectivity index (χ4v) is 4.28. The summed E-state index contributed by atoms with van der Waals surface area (Å²) in [5, 5.41) is 10.8. The maximum Gasteiger partial charge on any atom is 0.0962 e. The number of hydrogen-bond acceptors (Lipinski definition) is 3. The fourth-order valence-electron chi connectivity index (χ4n) is 3.21. The summed E-state index contributed by atoms with van der Waals surface area (Å²) >= 11 is 1.72. The van der Waals surface area contributed by atoms with Crippen molar-refractivity contribution in [2.75, 3.05) is 0 Å². The lowest BCUT2D eigenvalue weighted by molar-refractivity contribution is 0.203. The molecule has 4 atom stereocenters. The second-order valence-electron chi connectivity index (χ2n) is 5.06. The summed E-state index contributed by atoms with van der Waals surface area (Å²) in [6, 6.07) is 0. The lowest BCUT2D eigenvalue weighted by Gasteiger charge is -2.18. The van der Waals surface area contributed by atoms with Crippen LogP contribution < -0.4 is 0 Å². The second kappa shape index (κ2) is 3.56. The molecule has 0 spiro atoms. The van der Waals surface area contributed by atoms with Crippen LogP contribution >= 0.6 is 11.3 Å². The normalized spacial score (nSPS) is 36.0. The first-order chi connectivity index (χ1) is 7.24. The molecule has 1 aromatic heterocycles. The minimum atomic E-state index is -0.352. The molecule has 3 rings (SSSR count). The molecular formula is C12H17NOS. The van der Waals surface area contributed by atoms with Gasteiger partial charge in [-0.15, -0.1) is 11.3 Å². The van der Waals surface area contributed by atoms with Crippen molar-refractivity contribution in [2.24, 2.45) is 11.8 Å². The second-order valence-corrected chi connectivity index (χ2v) is 6.15. The van der Waals surface area contributed by atoms with E-state index >= 15 is 0 Å². The van der Waals surface area contributed by atoms with Crippen molar-refractivity contribution in [2.45, 2.75) is 44.6 Å². The largest absolute Gasteiger partial charge is 0.388 e. The van der Waals surface area contributed by atoms with E-state index in [-0.39, 0.29) is 6.10 Å². The Morgan fingerprint density at radius 2 is 2.33 bits per heavy atom. The Hall–Kier alpha value is -0.410. The molecule has 15 heavy (non-hydrogen) atoms. The summed E-state index contributed by atoms with van der Waals surface area (Å²) in [5.74, 6) is 2.57. The van der Waals surface area contributed by atoms with Crippen LogP contribution in [0, 0.1) is 11.8 Å². The Morgan fingerprint density at radius 1 is 1.47 bits per heavy atom. The van der Waals surface area contributed by atoms with Gasteiger partial charge in [0, 0.05) is 12.1 Å². The third kappa shape index (κ3) is 1.62. The van der Waals surface area contributed by atoms with Crippen LogP contribution in [0.2, 0.25) is 0 Å². The number of aromatic nitrogens is 1. The van der Waals surface area contributed by atoms with Crippen LogP contribution in [0.25, 0.3) is 0 Å². The van der Waals surface area contributed by atoms with Gasteiger partial charge in [0.05, 0.1) is 16.0 Å². The first-order valence-electron chi connectivity index (χ1n) is 5.87. The number of thiazole rings is 1. The van der Waals surface area contributed by atoms with Crippen molar-refractivity contribution < 1.29 is 5.11 Å². The Kier molecular flexibility index (Phi) is 2.33. The molecule has 2 nitrogen and oxygen atoms in total. The number of fused-ring (bicyclic) bond motifs is 2. The number of hydrogen-bond donors (Lipinski definition) is 1. The maximum atomic E-state index is 9.48. The summed E-state index contributed by atoms with van der Waals surface area (Å²) in [6.07, 6.45) is 7.12. The average molecular weight is 223 g/mol. The maximum absolute atomic E-state index is 9.48. The molecule has 2 bridgehead atoms. The van der Waals surface area contributed by atoms with E-state index in [1.165, 1.54) is 30.7 Å². The van der Waals surface area contributed by atoms with E-state index in [2.05, 4.69) is 4.98 Å². The highest BCUT2D eigenvalue weighted by atomic mass is 32.1. The quantitative estimate of drug-likeness (QED) is 0.835. The van der Waals surface area contributed by atoms with Crippen LogP contribution in [0.1, 0.15) is 54.5 Å². The van der Waals surface area contributed by atoms with Crippen molar-refractivity contribution in [1.82, 2.24) is 4.98 Å². The van der Waals surface area contributed by atoms with Crippen LogP contribution in [0.3, 0.4) is 0 Å². The van der Waals surface area contributed by atoms with E-state index in [1.54, 1.807) is 11.3 Å². The Balaban J connectivity index is 1.81. The Bertz CT molecular complexity index is 360. The van der Waals surface area contributed by atoms with Crippen molar-refractivity contribution >= 4 is 11.3 Å². The highest BCUT2D eigenvalue weighted by Crippen LogP contribution is 2.53. The van der Waals surface area contributed by atoms with E-state index in [9.17, 15) is 5.11 Å². The van der Waals surface area contributed by atoms with Gasteiger partial charge in [0.25, 0.3) is 0 Å². The molecule has 0 radical (unpaired) electrons. The highest BCUT2D eigenvalue weighted by molar-refractivity contribution is 7.11. The zero-order chi connectivity index (χ0) is 10.4. The minimum absolute atomic E-state index is 0.352. The molecule has 2 fully saturated rings. The van der Waals surface area contributed by atoms with E-state index < -0.39 is 0 Å². The molecule has 2 aliphatic rings. The van der Waals surface area contributed by atoms with Crippen LogP contribution in [0.15, 0.2) is 6.20 Å². The van der Waals surface area contributed by atoms with Gasteiger partial charge in [0.2, 0.25) is 0 Å². The van der Waals surface area contributed by atoms with Gasteiger partial charge in [0.1, 0.15) is 0 Å². The molecule has 2 saturated carbocycles. The smallest absolute Gasteiger partial charge is 0.0962 e. The zero-order valence-electron chi connectivity index (χ0n) is 9.02. The Morgan fingerprint density at radius 3 is 2.87 bits per heavy atom. The van der Waals surface area contributed by atoms with E-state index in [0.29, 0.717) is 5.92 Å². The minimum Gasteiger partial charge on any atom is -0.388 e. The van der Waals surface area contributed by atoms with Gasteiger partial charge in [-0.25, -0.2) is 4.98 Å². The molecule has 1 heterocycles. The molecule has 82 valence electrons. The Labute approximate surface area is 94.4 Å². The monoisotopic (exact) mass is 223 g/mol. The van der Waals surface area contributed by atoms with Gasteiger partial charge in [-0.1, -0.05) is 6.42 Å². The fraction of sp³-hybridized carbons (Fsp3) is 0.750. The van der Waals surface area contributed by atoms with Gasteiger partial charge >= 0.3 is 0 Å². The van der Waals surface area contributed by atoms with Crippen LogP contribution in [-0.2, 0) is 0 Å². The predicted molar refractivity (Wildman–Crippen MR) is 60.9 cm³/mol. The summed E-state index contributed by atoms with van der Waals surface area (Å²) in [5.41, 5.74) is 0. The summed E-state index contributed by atoms with van der Waals surface area (Å²) < 4.78 is 0. The van der Waals surface area contributed by atoms with Crippen LogP contribution in [0.5, 0.6) is 0 Å². The summed E-state index contributed by atoms with van der Waals surface area (Å²) in [4.78, 5) is 5.52. The van der Waals surface area contributed by atoms with Crippen LogP contribution in [-0.4, -0.2) is 10.1 Å². The third-order valence-electron chi connectivity index (χ3n) is 4.01.